The first-order valence-electron chi connectivity index (χ1n) is 10.1. The van der Waals surface area contributed by atoms with Gasteiger partial charge >= 0.3 is 5.69 Å². The van der Waals surface area contributed by atoms with Gasteiger partial charge < -0.3 is 4.74 Å². The fourth-order valence-electron chi connectivity index (χ4n) is 4.04. The van der Waals surface area contributed by atoms with Crippen LogP contribution in [0.1, 0.15) is 45.6 Å². The summed E-state index contributed by atoms with van der Waals surface area (Å²) in [6.45, 7) is 6.55. The molecule has 0 heterocycles. The second-order valence-corrected chi connectivity index (χ2v) is 8.53. The number of nitrogens with zero attached hydrogens (tertiary/aromatic N) is 3. The normalized spacial score (nSPS) is 21.6. The number of nitrogens with one attached hydrogen (secondary N) is 1. The van der Waals surface area contributed by atoms with Crippen molar-refractivity contribution >= 4 is 22.8 Å². The van der Waals surface area contributed by atoms with Crippen LogP contribution in [0.5, 0.6) is 0 Å². The Kier molecular flexibility index (Phi) is 6.35. The van der Waals surface area contributed by atoms with Crippen molar-refractivity contribution in [1.82, 2.24) is 0 Å². The van der Waals surface area contributed by atoms with Crippen LogP contribution in [0.25, 0.3) is 0 Å². The van der Waals surface area contributed by atoms with Crippen molar-refractivity contribution in [2.45, 2.75) is 52.2 Å². The zero-order valence-electron chi connectivity index (χ0n) is 17.8. The third-order valence-corrected chi connectivity index (χ3v) is 5.67. The van der Waals surface area contributed by atoms with Crippen LogP contribution in [-0.4, -0.2) is 21.2 Å². The molecule has 3 rings (SSSR count). The lowest BCUT2D eigenvalue weighted by Gasteiger charge is -2.44. The highest BCUT2D eigenvalue weighted by atomic mass is 16.6. The molecule has 0 aromatic heterocycles. The fraction of sp³-hybridized carbons (Fsp3) is 0.409. The predicted octanol–water partition coefficient (Wildman–Crippen LogP) is 5.46. The topological polar surface area (TPSA) is 120 Å². The van der Waals surface area contributed by atoms with E-state index in [-0.39, 0.29) is 16.8 Å². The highest BCUT2D eigenvalue weighted by Gasteiger charge is 2.44. The van der Waals surface area contributed by atoms with Crippen molar-refractivity contribution < 1.29 is 14.6 Å². The molecule has 0 aliphatic heterocycles. The first kappa shape index (κ1) is 22.4. The number of non-ortho nitro benzene ring substituents is 1. The number of nitro groups is 2. The summed E-state index contributed by atoms with van der Waals surface area (Å²) in [5.74, 6) is 0. The molecule has 2 aromatic carbocycles. The molecule has 31 heavy (non-hydrogen) atoms. The molecule has 1 N–H and O–H groups in total. The third-order valence-electron chi connectivity index (χ3n) is 5.67. The van der Waals surface area contributed by atoms with E-state index in [2.05, 4.69) is 24.4 Å². The van der Waals surface area contributed by atoms with Crippen LogP contribution in [0.2, 0.25) is 0 Å². The second-order valence-electron chi connectivity index (χ2n) is 8.53. The summed E-state index contributed by atoms with van der Waals surface area (Å²) in [4.78, 5) is 21.1. The van der Waals surface area contributed by atoms with Gasteiger partial charge in [-0.2, -0.15) is 5.10 Å². The summed E-state index contributed by atoms with van der Waals surface area (Å²) in [5.41, 5.74) is 2.99. The van der Waals surface area contributed by atoms with Crippen LogP contribution >= 0.6 is 0 Å². The van der Waals surface area contributed by atoms with Crippen molar-refractivity contribution in [2.24, 2.45) is 10.5 Å². The molecular weight excluding hydrogens is 400 g/mol. The van der Waals surface area contributed by atoms with Gasteiger partial charge in [0.25, 0.3) is 5.69 Å². The van der Waals surface area contributed by atoms with Gasteiger partial charge in [-0.1, -0.05) is 44.2 Å². The number of rotatable bonds is 7. The number of anilines is 1. The van der Waals surface area contributed by atoms with Crippen LogP contribution in [-0.2, 0) is 11.3 Å². The van der Waals surface area contributed by atoms with E-state index in [9.17, 15) is 20.2 Å². The van der Waals surface area contributed by atoms with Gasteiger partial charge in [0.1, 0.15) is 11.3 Å². The number of nitro benzene ring substituents is 2. The van der Waals surface area contributed by atoms with Crippen LogP contribution in [0.3, 0.4) is 0 Å². The van der Waals surface area contributed by atoms with E-state index in [1.165, 1.54) is 12.1 Å². The molecule has 0 saturated heterocycles. The van der Waals surface area contributed by atoms with Crippen molar-refractivity contribution in [3.05, 3.63) is 74.3 Å². The van der Waals surface area contributed by atoms with E-state index in [4.69, 9.17) is 4.74 Å². The predicted molar refractivity (Wildman–Crippen MR) is 118 cm³/mol. The summed E-state index contributed by atoms with van der Waals surface area (Å²) >= 11 is 0. The Morgan fingerprint density at radius 1 is 1.03 bits per heavy atom. The van der Waals surface area contributed by atoms with Gasteiger partial charge in [-0.25, -0.2) is 0 Å². The molecule has 1 aliphatic rings. The standard InChI is InChI=1S/C22H26N4O5/c1-21(2)12-7-13-22(3,31-15-16-8-5-4-6-9-16)20(21)24-23-18-11-10-17(25(27)28)14-19(18)26(29)30/h4-6,8-11,14,23H,7,12-13,15H2,1-3H3/b24-20+. The van der Waals surface area contributed by atoms with Gasteiger partial charge in [-0.05, 0) is 37.8 Å². The Morgan fingerprint density at radius 3 is 2.39 bits per heavy atom. The van der Waals surface area contributed by atoms with Gasteiger partial charge in [0.15, 0.2) is 0 Å². The monoisotopic (exact) mass is 426 g/mol. The van der Waals surface area contributed by atoms with Gasteiger partial charge in [0.2, 0.25) is 0 Å². The van der Waals surface area contributed by atoms with Gasteiger partial charge in [0, 0.05) is 11.5 Å². The largest absolute Gasteiger partial charge is 0.365 e. The minimum atomic E-state index is -0.665. The van der Waals surface area contributed by atoms with Crippen molar-refractivity contribution in [1.29, 1.82) is 0 Å². The molecule has 0 amide bonds. The third kappa shape index (κ3) is 5.05. The summed E-state index contributed by atoms with van der Waals surface area (Å²) in [5, 5.41) is 27.0. The van der Waals surface area contributed by atoms with E-state index >= 15 is 0 Å². The molecule has 1 fully saturated rings. The van der Waals surface area contributed by atoms with Gasteiger partial charge in [-0.15, -0.1) is 0 Å². The molecule has 0 radical (unpaired) electrons. The number of hydrogen-bond donors (Lipinski definition) is 1. The lowest BCUT2D eigenvalue weighted by Crippen LogP contribution is -2.50. The molecule has 1 saturated carbocycles. The number of hydrogen-bond acceptors (Lipinski definition) is 7. The summed E-state index contributed by atoms with van der Waals surface area (Å²) in [7, 11) is 0. The van der Waals surface area contributed by atoms with E-state index in [0.29, 0.717) is 6.61 Å². The molecule has 0 spiro atoms. The highest BCUT2D eigenvalue weighted by Crippen LogP contribution is 2.41. The summed E-state index contributed by atoms with van der Waals surface area (Å²) in [6, 6.07) is 13.3. The SMILES string of the molecule is CC1(C)CCCC(C)(OCc2ccccc2)/C1=N/Nc1ccc([N+](=O)[O-])cc1[N+](=O)[O-]. The smallest absolute Gasteiger partial charge is 0.301 e. The van der Waals surface area contributed by atoms with Crippen LogP contribution in [0.4, 0.5) is 17.1 Å². The Balaban J connectivity index is 1.91. The van der Waals surface area contributed by atoms with Crippen molar-refractivity contribution in [3.8, 4) is 0 Å². The molecule has 164 valence electrons. The molecule has 1 atom stereocenters. The minimum absolute atomic E-state index is 0.0925. The lowest BCUT2D eigenvalue weighted by molar-refractivity contribution is -0.393. The fourth-order valence-corrected chi connectivity index (χ4v) is 4.04. The maximum absolute atomic E-state index is 11.4. The van der Waals surface area contributed by atoms with Gasteiger partial charge in [0.05, 0.1) is 28.2 Å². The average molecular weight is 426 g/mol. The molecule has 1 unspecified atom stereocenters. The Hall–Kier alpha value is -3.33. The molecule has 0 bridgehead atoms. The quantitative estimate of drug-likeness (QED) is 0.464. The van der Waals surface area contributed by atoms with E-state index in [1.54, 1.807) is 0 Å². The zero-order valence-corrected chi connectivity index (χ0v) is 17.8. The summed E-state index contributed by atoms with van der Waals surface area (Å²) in [6.07, 6.45) is 2.64. The number of benzene rings is 2. The van der Waals surface area contributed by atoms with Crippen LogP contribution in [0.15, 0.2) is 53.6 Å². The molecular formula is C22H26N4O5. The van der Waals surface area contributed by atoms with E-state index < -0.39 is 21.1 Å². The Morgan fingerprint density at radius 2 is 1.74 bits per heavy atom. The maximum atomic E-state index is 11.4. The maximum Gasteiger partial charge on any atom is 0.301 e. The average Bonchev–Trinajstić information content (AvgIpc) is 2.72. The van der Waals surface area contributed by atoms with Crippen LogP contribution < -0.4 is 5.43 Å². The first-order chi connectivity index (χ1) is 14.6. The molecule has 2 aromatic rings. The van der Waals surface area contributed by atoms with Crippen LogP contribution in [0, 0.1) is 25.6 Å². The zero-order chi connectivity index (χ0) is 22.6. The van der Waals surface area contributed by atoms with E-state index in [0.717, 1.165) is 36.6 Å². The van der Waals surface area contributed by atoms with Crippen molar-refractivity contribution in [3.63, 3.8) is 0 Å². The lowest BCUT2D eigenvalue weighted by atomic mass is 9.68. The number of hydrazone groups is 1. The highest BCUT2D eigenvalue weighted by molar-refractivity contribution is 5.98. The molecule has 1 aliphatic carbocycles. The first-order valence-corrected chi connectivity index (χ1v) is 10.1. The molecule has 9 heteroatoms. The Labute approximate surface area is 180 Å². The number of ether oxygens (including phenoxy) is 1. The molecule has 9 nitrogen and oxygen atoms in total. The second kappa shape index (κ2) is 8.81. The summed E-state index contributed by atoms with van der Waals surface area (Å²) < 4.78 is 6.33. The van der Waals surface area contributed by atoms with Gasteiger partial charge in [-0.3, -0.25) is 25.7 Å². The van der Waals surface area contributed by atoms with E-state index in [1.807, 2.05) is 37.3 Å². The van der Waals surface area contributed by atoms with Crippen molar-refractivity contribution in [2.75, 3.05) is 5.43 Å². The minimum Gasteiger partial charge on any atom is -0.365 e. The Bertz CT molecular complexity index is 1010.